The Kier molecular flexibility index (Phi) is 4.72. The predicted molar refractivity (Wildman–Crippen MR) is 105 cm³/mol. The molecule has 146 valence electrons. The molecule has 1 atom stereocenters. The van der Waals surface area contributed by atoms with Gasteiger partial charge in [-0.1, -0.05) is 0 Å². The fourth-order valence-corrected chi connectivity index (χ4v) is 4.25. The van der Waals surface area contributed by atoms with E-state index in [2.05, 4.69) is 4.98 Å². The Hall–Kier alpha value is -2.12. The van der Waals surface area contributed by atoms with Crippen LogP contribution in [0.25, 0.3) is 10.4 Å². The second kappa shape index (κ2) is 6.49. The summed E-state index contributed by atoms with van der Waals surface area (Å²) < 4.78 is 11.6. The van der Waals surface area contributed by atoms with Crippen molar-refractivity contribution in [2.75, 3.05) is 6.61 Å². The van der Waals surface area contributed by atoms with Crippen LogP contribution in [0.5, 0.6) is 5.75 Å². The molecule has 0 saturated carbocycles. The minimum atomic E-state index is -0.804. The Bertz CT molecular complexity index is 838. The van der Waals surface area contributed by atoms with Gasteiger partial charge in [0.05, 0.1) is 11.5 Å². The first-order valence-corrected chi connectivity index (χ1v) is 9.67. The van der Waals surface area contributed by atoms with Gasteiger partial charge >= 0.3 is 6.09 Å². The number of carbonyl (C=O) groups is 1. The number of nitrogens with zero attached hydrogens (tertiary/aromatic N) is 2. The van der Waals surface area contributed by atoms with Crippen molar-refractivity contribution < 1.29 is 19.4 Å². The van der Waals surface area contributed by atoms with Crippen molar-refractivity contribution in [3.8, 4) is 16.2 Å². The Balaban J connectivity index is 1.96. The molecule has 1 amide bonds. The topological polar surface area (TPSA) is 71.9 Å². The van der Waals surface area contributed by atoms with Crippen molar-refractivity contribution in [2.45, 2.75) is 58.4 Å². The van der Waals surface area contributed by atoms with E-state index in [1.165, 1.54) is 11.3 Å². The maximum absolute atomic E-state index is 13.0. The molecule has 0 radical (unpaired) electrons. The molecule has 1 aromatic heterocycles. The number of thiazole rings is 1. The quantitative estimate of drug-likeness (QED) is 0.802. The van der Waals surface area contributed by atoms with Gasteiger partial charge in [-0.25, -0.2) is 9.78 Å². The molecular weight excluding hydrogens is 364 g/mol. The smallest absolute Gasteiger partial charge is 0.413 e. The summed E-state index contributed by atoms with van der Waals surface area (Å²) >= 11 is 1.51. The van der Waals surface area contributed by atoms with Gasteiger partial charge in [0.1, 0.15) is 27.6 Å². The number of hydrogen-bond acceptors (Lipinski definition) is 6. The highest BCUT2D eigenvalue weighted by atomic mass is 32.1. The van der Waals surface area contributed by atoms with E-state index in [1.807, 2.05) is 53.7 Å². The van der Waals surface area contributed by atoms with Crippen LogP contribution in [0.1, 0.15) is 46.6 Å². The summed E-state index contributed by atoms with van der Waals surface area (Å²) in [5.41, 5.74) is -1.17. The minimum absolute atomic E-state index is 0.220. The SMILES string of the molecule is CC(C)(C)OC(=O)N1C(C)(C)OCC1(C)c1ncc(-c2ccc(O)cc2)s1. The molecule has 0 spiro atoms. The van der Waals surface area contributed by atoms with Gasteiger partial charge in [0, 0.05) is 6.20 Å². The monoisotopic (exact) mass is 390 g/mol. The summed E-state index contributed by atoms with van der Waals surface area (Å²) in [5, 5.41) is 10.3. The van der Waals surface area contributed by atoms with Crippen molar-refractivity contribution in [1.29, 1.82) is 0 Å². The largest absolute Gasteiger partial charge is 0.508 e. The zero-order valence-electron chi connectivity index (χ0n) is 16.6. The lowest BCUT2D eigenvalue weighted by Crippen LogP contribution is -2.53. The highest BCUT2D eigenvalue weighted by Gasteiger charge is 2.55. The van der Waals surface area contributed by atoms with Crippen molar-refractivity contribution in [2.24, 2.45) is 0 Å². The molecule has 0 aliphatic carbocycles. The number of ether oxygens (including phenoxy) is 2. The molecule has 3 rings (SSSR count). The summed E-state index contributed by atoms with van der Waals surface area (Å²) in [6.07, 6.45) is 1.37. The summed E-state index contributed by atoms with van der Waals surface area (Å²) in [4.78, 5) is 20.1. The standard InChI is InChI=1S/C20H26N2O4S/c1-18(2,3)26-17(24)22-19(4,5)25-12-20(22,6)16-21-11-15(27-16)13-7-9-14(23)10-8-13/h7-11,23H,12H2,1-6H3. The number of hydrogen-bond donors (Lipinski definition) is 1. The van der Waals surface area contributed by atoms with Crippen LogP contribution < -0.4 is 0 Å². The fraction of sp³-hybridized carbons (Fsp3) is 0.500. The Morgan fingerprint density at radius 3 is 2.48 bits per heavy atom. The molecule has 7 heteroatoms. The van der Waals surface area contributed by atoms with Gasteiger partial charge in [-0.3, -0.25) is 4.90 Å². The van der Waals surface area contributed by atoms with Crippen LogP contribution in [0.3, 0.4) is 0 Å². The third-order valence-electron chi connectivity index (χ3n) is 4.43. The number of aromatic hydroxyl groups is 1. The van der Waals surface area contributed by atoms with Gasteiger partial charge in [0.2, 0.25) is 0 Å². The van der Waals surface area contributed by atoms with Crippen LogP contribution in [0.4, 0.5) is 4.79 Å². The van der Waals surface area contributed by atoms with Gasteiger partial charge in [-0.15, -0.1) is 11.3 Å². The third-order valence-corrected chi connectivity index (χ3v) is 5.73. The van der Waals surface area contributed by atoms with E-state index in [1.54, 1.807) is 23.2 Å². The van der Waals surface area contributed by atoms with Gasteiger partial charge in [-0.05, 0) is 71.4 Å². The van der Waals surface area contributed by atoms with Crippen LogP contribution in [-0.4, -0.2) is 39.0 Å². The number of phenols is 1. The lowest BCUT2D eigenvalue weighted by atomic mass is 10.0. The number of rotatable bonds is 2. The molecule has 1 N–H and O–H groups in total. The maximum Gasteiger partial charge on any atom is 0.413 e. The van der Waals surface area contributed by atoms with E-state index in [-0.39, 0.29) is 5.75 Å². The van der Waals surface area contributed by atoms with Crippen molar-refractivity contribution >= 4 is 17.4 Å². The predicted octanol–water partition coefficient (Wildman–Crippen LogP) is 4.73. The number of carbonyl (C=O) groups excluding carboxylic acids is 1. The molecular formula is C20H26N2O4S. The molecule has 1 saturated heterocycles. The van der Waals surface area contributed by atoms with E-state index in [0.29, 0.717) is 6.61 Å². The van der Waals surface area contributed by atoms with Crippen LogP contribution in [-0.2, 0) is 15.0 Å². The first kappa shape index (κ1) is 19.6. The Morgan fingerprint density at radius 2 is 1.89 bits per heavy atom. The highest BCUT2D eigenvalue weighted by Crippen LogP contribution is 2.45. The second-order valence-electron chi connectivity index (χ2n) is 8.40. The summed E-state index contributed by atoms with van der Waals surface area (Å²) in [5.74, 6) is 0.220. The van der Waals surface area contributed by atoms with Crippen LogP contribution >= 0.6 is 11.3 Å². The molecule has 2 heterocycles. The van der Waals surface area contributed by atoms with Crippen LogP contribution in [0.2, 0.25) is 0 Å². The Labute approximate surface area is 163 Å². The first-order valence-electron chi connectivity index (χ1n) is 8.85. The van der Waals surface area contributed by atoms with Gasteiger partial charge in [0.25, 0.3) is 0 Å². The minimum Gasteiger partial charge on any atom is -0.508 e. The normalized spacial score (nSPS) is 22.1. The summed E-state index contributed by atoms with van der Waals surface area (Å²) in [7, 11) is 0. The fourth-order valence-electron chi connectivity index (χ4n) is 3.21. The molecule has 1 aliphatic rings. The van der Waals surface area contributed by atoms with Crippen LogP contribution in [0, 0.1) is 0 Å². The van der Waals surface area contributed by atoms with E-state index >= 15 is 0 Å². The Morgan fingerprint density at radius 1 is 1.26 bits per heavy atom. The van der Waals surface area contributed by atoms with Gasteiger partial charge in [-0.2, -0.15) is 0 Å². The zero-order valence-corrected chi connectivity index (χ0v) is 17.4. The highest BCUT2D eigenvalue weighted by molar-refractivity contribution is 7.15. The molecule has 0 bridgehead atoms. The van der Waals surface area contributed by atoms with E-state index in [9.17, 15) is 9.90 Å². The molecule has 1 unspecified atom stereocenters. The molecule has 1 aliphatic heterocycles. The van der Waals surface area contributed by atoms with Crippen LogP contribution in [0.15, 0.2) is 30.5 Å². The van der Waals surface area contributed by atoms with Crippen molar-refractivity contribution in [1.82, 2.24) is 9.88 Å². The average Bonchev–Trinajstić information content (AvgIpc) is 3.10. The van der Waals surface area contributed by atoms with Crippen molar-refractivity contribution in [3.05, 3.63) is 35.5 Å². The molecule has 27 heavy (non-hydrogen) atoms. The van der Waals surface area contributed by atoms with Gasteiger partial charge < -0.3 is 14.6 Å². The number of aromatic nitrogens is 1. The van der Waals surface area contributed by atoms with Gasteiger partial charge in [0.15, 0.2) is 0 Å². The summed E-state index contributed by atoms with van der Waals surface area (Å²) in [6.45, 7) is 11.5. The third kappa shape index (κ3) is 3.80. The number of phenolic OH excluding ortho intramolecular Hbond substituents is 1. The van der Waals surface area contributed by atoms with E-state index in [0.717, 1.165) is 15.4 Å². The zero-order chi connectivity index (χ0) is 20.0. The molecule has 2 aromatic rings. The van der Waals surface area contributed by atoms with E-state index < -0.39 is 23.0 Å². The average molecular weight is 391 g/mol. The van der Waals surface area contributed by atoms with E-state index in [4.69, 9.17) is 9.47 Å². The lowest BCUT2D eigenvalue weighted by molar-refractivity contribution is -0.0684. The molecule has 1 fully saturated rings. The van der Waals surface area contributed by atoms with Crippen molar-refractivity contribution in [3.63, 3.8) is 0 Å². The number of amides is 1. The summed E-state index contributed by atoms with van der Waals surface area (Å²) in [6, 6.07) is 6.97. The molecule has 1 aromatic carbocycles. The second-order valence-corrected chi connectivity index (χ2v) is 9.43. The lowest BCUT2D eigenvalue weighted by Gasteiger charge is -2.39. The molecule has 6 nitrogen and oxygen atoms in total. The first-order chi connectivity index (χ1) is 12.4. The maximum atomic E-state index is 13.0. The number of benzene rings is 1.